The highest BCUT2D eigenvalue weighted by molar-refractivity contribution is 7.92. The second-order valence-electron chi connectivity index (χ2n) is 8.59. The van der Waals surface area contributed by atoms with E-state index in [1.54, 1.807) is 30.0 Å². The summed E-state index contributed by atoms with van der Waals surface area (Å²) >= 11 is 0. The summed E-state index contributed by atoms with van der Waals surface area (Å²) in [5.41, 5.74) is 4.05. The van der Waals surface area contributed by atoms with E-state index in [9.17, 15) is 13.2 Å². The number of hydrogen-bond acceptors (Lipinski definition) is 6. The zero-order valence-electron chi connectivity index (χ0n) is 19.6. The Morgan fingerprint density at radius 2 is 1.67 bits per heavy atom. The zero-order chi connectivity index (χ0) is 23.8. The van der Waals surface area contributed by atoms with E-state index < -0.39 is 16.1 Å². The van der Waals surface area contributed by atoms with Gasteiger partial charge in [-0.25, -0.2) is 8.42 Å². The van der Waals surface area contributed by atoms with Gasteiger partial charge in [-0.05, 0) is 50.1 Å². The molecule has 178 valence electrons. The fraction of sp³-hybridized carbons (Fsp3) is 0.458. The normalized spacial score (nSPS) is 17.0. The van der Waals surface area contributed by atoms with Gasteiger partial charge in [0.05, 0.1) is 11.9 Å². The smallest absolute Gasteiger partial charge is 0.246 e. The van der Waals surface area contributed by atoms with Gasteiger partial charge in [0.2, 0.25) is 15.9 Å². The number of aryl methyl sites for hydroxylation is 1. The van der Waals surface area contributed by atoms with Gasteiger partial charge in [-0.2, -0.15) is 0 Å². The minimum absolute atomic E-state index is 0.212. The van der Waals surface area contributed by atoms with Gasteiger partial charge in [0.15, 0.2) is 11.5 Å². The van der Waals surface area contributed by atoms with Gasteiger partial charge in [0.25, 0.3) is 0 Å². The van der Waals surface area contributed by atoms with Crippen LogP contribution in [0.2, 0.25) is 0 Å². The first-order valence-corrected chi connectivity index (χ1v) is 13.0. The maximum absolute atomic E-state index is 13.4. The number of rotatable bonds is 5. The Bertz CT molecular complexity index is 1140. The number of benzene rings is 2. The number of carbonyl (C=O) groups is 1. The molecule has 0 radical (unpaired) electrons. The van der Waals surface area contributed by atoms with Crippen LogP contribution in [-0.2, 0) is 14.8 Å². The van der Waals surface area contributed by atoms with E-state index in [1.165, 1.54) is 21.1 Å². The van der Waals surface area contributed by atoms with Gasteiger partial charge in [-0.3, -0.25) is 9.10 Å². The lowest BCUT2D eigenvalue weighted by molar-refractivity contribution is -0.132. The summed E-state index contributed by atoms with van der Waals surface area (Å²) in [5.74, 6) is 0.838. The Morgan fingerprint density at radius 3 is 2.33 bits per heavy atom. The molecule has 0 saturated carbocycles. The lowest BCUT2D eigenvalue weighted by Gasteiger charge is -2.39. The van der Waals surface area contributed by atoms with Crippen LogP contribution in [0, 0.1) is 13.8 Å². The molecule has 2 aromatic carbocycles. The molecule has 2 aromatic rings. The number of hydrogen-bond donors (Lipinski definition) is 0. The van der Waals surface area contributed by atoms with Crippen LogP contribution in [0.4, 0.5) is 11.4 Å². The summed E-state index contributed by atoms with van der Waals surface area (Å²) in [7, 11) is -3.71. The molecular formula is C24H31N3O5S. The van der Waals surface area contributed by atoms with Gasteiger partial charge >= 0.3 is 0 Å². The van der Waals surface area contributed by atoms with Gasteiger partial charge in [0, 0.05) is 37.9 Å². The molecule has 9 heteroatoms. The van der Waals surface area contributed by atoms with E-state index in [1.807, 2.05) is 0 Å². The predicted molar refractivity (Wildman–Crippen MR) is 129 cm³/mol. The largest absolute Gasteiger partial charge is 0.486 e. The Hall–Kier alpha value is -2.94. The minimum atomic E-state index is -3.71. The van der Waals surface area contributed by atoms with Crippen LogP contribution >= 0.6 is 0 Å². The molecule has 0 aliphatic carbocycles. The molecular weight excluding hydrogens is 442 g/mol. The van der Waals surface area contributed by atoms with Crippen LogP contribution in [0.25, 0.3) is 0 Å². The quantitative estimate of drug-likeness (QED) is 0.664. The van der Waals surface area contributed by atoms with E-state index in [0.717, 1.165) is 6.26 Å². The number of fused-ring (bicyclic) bond motifs is 1. The molecule has 8 nitrogen and oxygen atoms in total. The first kappa shape index (κ1) is 23.2. The second kappa shape index (κ2) is 9.13. The number of amides is 1. The van der Waals surface area contributed by atoms with Gasteiger partial charge < -0.3 is 19.3 Å². The van der Waals surface area contributed by atoms with Crippen molar-refractivity contribution in [2.24, 2.45) is 0 Å². The van der Waals surface area contributed by atoms with Crippen LogP contribution in [-0.4, -0.2) is 70.9 Å². The maximum atomic E-state index is 13.4. The summed E-state index contributed by atoms with van der Waals surface area (Å²) < 4.78 is 37.7. The standard InChI is InChI=1S/C24H31N3O5S/c1-17-6-5-7-21(18(17)2)25-10-12-26(13-11-25)24(28)19(3)27(33(4,29)30)20-8-9-22-23(16-20)32-15-14-31-22/h5-9,16,19H,10-15H2,1-4H3/t19-/m0/s1. The highest BCUT2D eigenvalue weighted by Crippen LogP contribution is 2.35. The van der Waals surface area contributed by atoms with Gasteiger partial charge in [-0.15, -0.1) is 0 Å². The average molecular weight is 474 g/mol. The fourth-order valence-corrected chi connectivity index (χ4v) is 5.64. The zero-order valence-corrected chi connectivity index (χ0v) is 20.4. The number of carbonyl (C=O) groups excluding carboxylic acids is 1. The Morgan fingerprint density at radius 1 is 1.00 bits per heavy atom. The molecule has 2 aliphatic heterocycles. The predicted octanol–water partition coefficient (Wildman–Crippen LogP) is 2.58. The van der Waals surface area contributed by atoms with Crippen molar-refractivity contribution in [1.82, 2.24) is 4.90 Å². The van der Waals surface area contributed by atoms with E-state index >= 15 is 0 Å². The number of sulfonamides is 1. The third-order valence-electron chi connectivity index (χ3n) is 6.35. The van der Waals surface area contributed by atoms with Crippen molar-refractivity contribution >= 4 is 27.3 Å². The summed E-state index contributed by atoms with van der Waals surface area (Å²) in [6.45, 7) is 9.16. The first-order valence-electron chi connectivity index (χ1n) is 11.2. The third kappa shape index (κ3) is 4.73. The molecule has 0 N–H and O–H groups in total. The van der Waals surface area contributed by atoms with Gasteiger partial charge in [0.1, 0.15) is 19.3 Å². The van der Waals surface area contributed by atoms with Crippen LogP contribution in [0.3, 0.4) is 0 Å². The summed E-state index contributed by atoms with van der Waals surface area (Å²) in [6, 6.07) is 10.3. The SMILES string of the molecule is Cc1cccc(N2CCN(C(=O)[C@H](C)N(c3ccc4c(c3)OCCO4)S(C)(=O)=O)CC2)c1C. The van der Waals surface area contributed by atoms with Crippen molar-refractivity contribution in [3.8, 4) is 11.5 Å². The number of anilines is 2. The van der Waals surface area contributed by atoms with Gasteiger partial charge in [-0.1, -0.05) is 12.1 Å². The van der Waals surface area contributed by atoms with E-state index in [-0.39, 0.29) is 5.91 Å². The van der Waals surface area contributed by atoms with Crippen molar-refractivity contribution in [3.05, 3.63) is 47.5 Å². The molecule has 4 rings (SSSR count). The van der Waals surface area contributed by atoms with Crippen molar-refractivity contribution in [2.45, 2.75) is 26.8 Å². The fourth-order valence-electron chi connectivity index (χ4n) is 4.48. The highest BCUT2D eigenvalue weighted by atomic mass is 32.2. The van der Waals surface area contributed by atoms with E-state index in [4.69, 9.17) is 9.47 Å². The van der Waals surface area contributed by atoms with E-state index in [0.29, 0.717) is 56.6 Å². The molecule has 0 unspecified atom stereocenters. The minimum Gasteiger partial charge on any atom is -0.486 e. The van der Waals surface area contributed by atoms with Crippen molar-refractivity contribution in [3.63, 3.8) is 0 Å². The number of piperazine rings is 1. The van der Waals surface area contributed by atoms with Crippen molar-refractivity contribution < 1.29 is 22.7 Å². The van der Waals surface area contributed by atoms with Crippen LogP contribution in [0.15, 0.2) is 36.4 Å². The van der Waals surface area contributed by atoms with Crippen LogP contribution in [0.5, 0.6) is 11.5 Å². The third-order valence-corrected chi connectivity index (χ3v) is 7.60. The number of ether oxygens (including phenoxy) is 2. The van der Waals surface area contributed by atoms with Crippen LogP contribution < -0.4 is 18.7 Å². The molecule has 33 heavy (non-hydrogen) atoms. The molecule has 1 fully saturated rings. The first-order chi connectivity index (χ1) is 15.7. The molecule has 2 aliphatic rings. The summed E-state index contributed by atoms with van der Waals surface area (Å²) in [6.07, 6.45) is 1.12. The number of nitrogens with zero attached hydrogens (tertiary/aromatic N) is 3. The topological polar surface area (TPSA) is 79.4 Å². The lowest BCUT2D eigenvalue weighted by Crippen LogP contribution is -2.55. The monoisotopic (exact) mass is 473 g/mol. The maximum Gasteiger partial charge on any atom is 0.246 e. The van der Waals surface area contributed by atoms with Crippen molar-refractivity contribution in [1.29, 1.82) is 0 Å². The Balaban J connectivity index is 1.50. The summed E-state index contributed by atoms with van der Waals surface area (Å²) in [4.78, 5) is 17.4. The molecule has 1 atom stereocenters. The molecule has 2 heterocycles. The molecule has 0 aromatic heterocycles. The second-order valence-corrected chi connectivity index (χ2v) is 10.5. The van der Waals surface area contributed by atoms with Crippen molar-refractivity contribution in [2.75, 3.05) is 54.9 Å². The molecule has 0 bridgehead atoms. The summed E-state index contributed by atoms with van der Waals surface area (Å²) in [5, 5.41) is 0. The lowest BCUT2D eigenvalue weighted by atomic mass is 10.1. The highest BCUT2D eigenvalue weighted by Gasteiger charge is 2.34. The average Bonchev–Trinajstić information content (AvgIpc) is 2.79. The van der Waals surface area contributed by atoms with E-state index in [2.05, 4.69) is 36.9 Å². The molecule has 1 amide bonds. The Kier molecular flexibility index (Phi) is 6.43. The molecule has 0 spiro atoms. The van der Waals surface area contributed by atoms with Crippen LogP contribution in [0.1, 0.15) is 18.1 Å². The Labute approximate surface area is 195 Å². The molecule has 1 saturated heterocycles.